The first-order valence-electron chi connectivity index (χ1n) is 10.6. The molecule has 0 aliphatic rings. The number of imidazole rings is 1. The Kier molecular flexibility index (Phi) is 5.81. The maximum absolute atomic E-state index is 12.8. The van der Waals surface area contributed by atoms with Crippen molar-refractivity contribution in [3.05, 3.63) is 82.6 Å². The maximum atomic E-state index is 12.8. The summed E-state index contributed by atoms with van der Waals surface area (Å²) in [7, 11) is 0. The summed E-state index contributed by atoms with van der Waals surface area (Å²) >= 11 is 0. The molecule has 3 aromatic heterocycles. The first-order valence-corrected chi connectivity index (χ1v) is 10.6. The van der Waals surface area contributed by atoms with Crippen LogP contribution in [0.2, 0.25) is 0 Å². The topological polar surface area (TPSA) is 72.9 Å². The first-order chi connectivity index (χ1) is 15.4. The summed E-state index contributed by atoms with van der Waals surface area (Å²) in [6.45, 7) is 10.5. The van der Waals surface area contributed by atoms with Gasteiger partial charge in [0, 0.05) is 28.8 Å². The van der Waals surface area contributed by atoms with Gasteiger partial charge in [-0.25, -0.2) is 10.4 Å². The van der Waals surface area contributed by atoms with Gasteiger partial charge in [-0.2, -0.15) is 5.10 Å². The Labute approximate surface area is 187 Å². The fraction of sp³-hybridized carbons (Fsp3) is 0.240. The molecule has 0 aliphatic heterocycles. The number of pyridine rings is 1. The average molecular weight is 430 g/mol. The maximum Gasteiger partial charge on any atom is 0.290 e. The Morgan fingerprint density at radius 3 is 2.59 bits per heavy atom. The number of benzene rings is 1. The van der Waals surface area contributed by atoms with Gasteiger partial charge in [-0.15, -0.1) is 0 Å². The fourth-order valence-electron chi connectivity index (χ4n) is 3.92. The number of nitrogens with one attached hydrogen (secondary N) is 1. The van der Waals surface area contributed by atoms with Crippen molar-refractivity contribution in [1.29, 1.82) is 0 Å². The van der Waals surface area contributed by atoms with E-state index < -0.39 is 0 Å². The molecule has 0 radical (unpaired) electrons. The third-order valence-electron chi connectivity index (χ3n) is 5.42. The van der Waals surface area contributed by atoms with E-state index in [4.69, 9.17) is 4.74 Å². The first kappa shape index (κ1) is 21.4. The van der Waals surface area contributed by atoms with Crippen LogP contribution < -0.4 is 10.2 Å². The number of ether oxygens (including phenoxy) is 1. The van der Waals surface area contributed by atoms with E-state index in [1.807, 2.05) is 83.3 Å². The normalized spacial score (nSPS) is 11.4. The zero-order valence-corrected chi connectivity index (χ0v) is 19.0. The quantitative estimate of drug-likeness (QED) is 0.362. The molecule has 0 atom stereocenters. The van der Waals surface area contributed by atoms with Crippen molar-refractivity contribution < 1.29 is 9.53 Å². The van der Waals surface area contributed by atoms with E-state index in [1.165, 1.54) is 0 Å². The SMILES string of the molecule is CCOc1ccc(-n2c(C)cc(C=NNC(=O)c3c(C)nc4cc(C)ccn34)c2C)cc1. The Bertz CT molecular complexity index is 1310. The molecular formula is C25H27N5O2. The molecule has 0 saturated carbocycles. The molecule has 4 aromatic rings. The van der Waals surface area contributed by atoms with Gasteiger partial charge >= 0.3 is 0 Å². The van der Waals surface area contributed by atoms with Crippen LogP contribution in [0.4, 0.5) is 0 Å². The van der Waals surface area contributed by atoms with Crippen LogP contribution in [0.3, 0.4) is 0 Å². The molecule has 7 heteroatoms. The minimum absolute atomic E-state index is 0.296. The van der Waals surface area contributed by atoms with Gasteiger partial charge < -0.3 is 9.30 Å². The van der Waals surface area contributed by atoms with Gasteiger partial charge in [-0.05, 0) is 82.6 Å². The van der Waals surface area contributed by atoms with Crippen LogP contribution in [0, 0.1) is 27.7 Å². The number of hydrogen-bond acceptors (Lipinski definition) is 4. The van der Waals surface area contributed by atoms with E-state index in [9.17, 15) is 4.79 Å². The number of hydrazone groups is 1. The second-order valence-corrected chi connectivity index (χ2v) is 7.77. The van der Waals surface area contributed by atoms with Crippen molar-refractivity contribution in [3.63, 3.8) is 0 Å². The number of amides is 1. The molecule has 3 heterocycles. The lowest BCUT2D eigenvalue weighted by Crippen LogP contribution is -2.20. The lowest BCUT2D eigenvalue weighted by atomic mass is 10.2. The molecule has 1 aromatic carbocycles. The van der Waals surface area contributed by atoms with Gasteiger partial charge in [0.05, 0.1) is 18.5 Å². The Hall–Kier alpha value is -3.87. The summed E-state index contributed by atoms with van der Waals surface area (Å²) in [5.74, 6) is 0.552. The van der Waals surface area contributed by atoms with Gasteiger partial charge in [0.15, 0.2) is 0 Å². The molecule has 1 amide bonds. The number of aromatic nitrogens is 3. The summed E-state index contributed by atoms with van der Waals surface area (Å²) in [6.07, 6.45) is 3.53. The highest BCUT2D eigenvalue weighted by molar-refractivity contribution is 5.95. The Morgan fingerprint density at radius 1 is 1.12 bits per heavy atom. The zero-order chi connectivity index (χ0) is 22.8. The molecule has 0 aliphatic carbocycles. The van der Waals surface area contributed by atoms with E-state index in [0.29, 0.717) is 18.0 Å². The van der Waals surface area contributed by atoms with Gasteiger partial charge in [-0.1, -0.05) is 0 Å². The highest BCUT2D eigenvalue weighted by atomic mass is 16.5. The molecular weight excluding hydrogens is 402 g/mol. The predicted octanol–water partition coefficient (Wildman–Crippen LogP) is 4.52. The smallest absolute Gasteiger partial charge is 0.290 e. The summed E-state index contributed by atoms with van der Waals surface area (Å²) < 4.78 is 9.46. The summed E-state index contributed by atoms with van der Waals surface area (Å²) in [4.78, 5) is 17.3. The number of hydrogen-bond donors (Lipinski definition) is 1. The van der Waals surface area contributed by atoms with Crippen molar-refractivity contribution in [2.45, 2.75) is 34.6 Å². The number of fused-ring (bicyclic) bond motifs is 1. The lowest BCUT2D eigenvalue weighted by Gasteiger charge is -2.10. The van der Waals surface area contributed by atoms with Crippen LogP contribution in [-0.4, -0.2) is 32.7 Å². The van der Waals surface area contributed by atoms with E-state index in [1.54, 1.807) is 10.6 Å². The molecule has 1 N–H and O–H groups in total. The number of rotatable bonds is 6. The van der Waals surface area contributed by atoms with Gasteiger partial charge in [0.25, 0.3) is 5.91 Å². The third-order valence-corrected chi connectivity index (χ3v) is 5.42. The van der Waals surface area contributed by atoms with Crippen molar-refractivity contribution in [2.24, 2.45) is 5.10 Å². The number of aryl methyl sites for hydroxylation is 3. The van der Waals surface area contributed by atoms with Crippen LogP contribution in [0.5, 0.6) is 5.75 Å². The monoisotopic (exact) mass is 429 g/mol. The van der Waals surface area contributed by atoms with Gasteiger partial charge in [0.1, 0.15) is 17.1 Å². The minimum Gasteiger partial charge on any atom is -0.494 e. The zero-order valence-electron chi connectivity index (χ0n) is 19.0. The second kappa shape index (κ2) is 8.70. The fourth-order valence-corrected chi connectivity index (χ4v) is 3.92. The molecule has 4 rings (SSSR count). The van der Waals surface area contributed by atoms with Crippen LogP contribution in [-0.2, 0) is 0 Å². The van der Waals surface area contributed by atoms with E-state index in [-0.39, 0.29) is 5.91 Å². The summed E-state index contributed by atoms with van der Waals surface area (Å²) in [6, 6.07) is 13.9. The third kappa shape index (κ3) is 4.01. The molecule has 0 bridgehead atoms. The highest BCUT2D eigenvalue weighted by Crippen LogP contribution is 2.22. The van der Waals surface area contributed by atoms with Gasteiger partial charge in [0.2, 0.25) is 0 Å². The van der Waals surface area contributed by atoms with Crippen molar-refractivity contribution in [1.82, 2.24) is 19.4 Å². The lowest BCUT2D eigenvalue weighted by molar-refractivity contribution is 0.0948. The highest BCUT2D eigenvalue weighted by Gasteiger charge is 2.16. The van der Waals surface area contributed by atoms with Crippen molar-refractivity contribution in [3.8, 4) is 11.4 Å². The van der Waals surface area contributed by atoms with Gasteiger partial charge in [-0.3, -0.25) is 9.20 Å². The minimum atomic E-state index is -0.296. The Morgan fingerprint density at radius 2 is 1.88 bits per heavy atom. The molecule has 0 saturated heterocycles. The number of carbonyl (C=O) groups excluding carboxylic acids is 1. The van der Waals surface area contributed by atoms with E-state index >= 15 is 0 Å². The number of nitrogens with zero attached hydrogens (tertiary/aromatic N) is 4. The Balaban J connectivity index is 1.54. The van der Waals surface area contributed by atoms with E-state index in [0.717, 1.165) is 39.6 Å². The standard InChI is InChI=1S/C25H27N5O2/c1-6-32-22-9-7-21(8-10-22)30-17(3)14-20(19(30)5)15-26-28-25(31)24-18(4)27-23-13-16(2)11-12-29(23)24/h7-15H,6H2,1-5H3,(H,28,31). The van der Waals surface area contributed by atoms with E-state index in [2.05, 4.69) is 20.1 Å². The largest absolute Gasteiger partial charge is 0.494 e. The van der Waals surface area contributed by atoms with Crippen LogP contribution >= 0.6 is 0 Å². The van der Waals surface area contributed by atoms with Crippen LogP contribution in [0.15, 0.2) is 53.8 Å². The molecule has 0 spiro atoms. The average Bonchev–Trinajstić information content (AvgIpc) is 3.23. The summed E-state index contributed by atoms with van der Waals surface area (Å²) in [5.41, 5.74) is 9.72. The molecule has 0 unspecified atom stereocenters. The van der Waals surface area contributed by atoms with Crippen LogP contribution in [0.25, 0.3) is 11.3 Å². The van der Waals surface area contributed by atoms with Crippen molar-refractivity contribution >= 4 is 17.8 Å². The summed E-state index contributed by atoms with van der Waals surface area (Å²) in [5, 5.41) is 4.21. The predicted molar refractivity (Wildman–Crippen MR) is 126 cm³/mol. The molecule has 164 valence electrons. The molecule has 32 heavy (non-hydrogen) atoms. The van der Waals surface area contributed by atoms with Crippen LogP contribution in [0.1, 0.15) is 45.6 Å². The number of carbonyl (C=O) groups is 1. The second-order valence-electron chi connectivity index (χ2n) is 7.77. The molecule has 7 nitrogen and oxygen atoms in total. The molecule has 0 fully saturated rings. The van der Waals surface area contributed by atoms with Crippen molar-refractivity contribution in [2.75, 3.05) is 6.61 Å².